The van der Waals surface area contributed by atoms with Gasteiger partial charge in [-0.05, 0) is 0 Å². The van der Waals surface area contributed by atoms with Crippen LogP contribution < -0.4 is 10.2 Å². The van der Waals surface area contributed by atoms with Crippen LogP contribution in [0.25, 0.3) is 11.4 Å². The predicted molar refractivity (Wildman–Crippen MR) is 110 cm³/mol. The lowest BCUT2D eigenvalue weighted by molar-refractivity contribution is 0.0383. The minimum atomic E-state index is -0.174. The van der Waals surface area contributed by atoms with E-state index in [9.17, 15) is 4.79 Å². The van der Waals surface area contributed by atoms with Gasteiger partial charge in [0, 0.05) is 50.9 Å². The fourth-order valence-electron chi connectivity index (χ4n) is 3.46. The van der Waals surface area contributed by atoms with Crippen LogP contribution in [0.4, 0.5) is 5.82 Å². The number of carbonyl (C=O) groups is 1. The third-order valence-corrected chi connectivity index (χ3v) is 5.13. The van der Waals surface area contributed by atoms with Crippen molar-refractivity contribution in [3.05, 3.63) is 42.1 Å². The van der Waals surface area contributed by atoms with E-state index in [1.807, 2.05) is 30.3 Å². The van der Waals surface area contributed by atoms with Crippen LogP contribution in [0, 0.1) is 0 Å². The highest BCUT2D eigenvalue weighted by Gasteiger charge is 2.19. The number of anilines is 1. The Labute approximate surface area is 170 Å². The smallest absolute Gasteiger partial charge is 0.270 e. The van der Waals surface area contributed by atoms with Gasteiger partial charge in [-0.3, -0.25) is 9.69 Å². The highest BCUT2D eigenvalue weighted by atomic mass is 16.5. The summed E-state index contributed by atoms with van der Waals surface area (Å²) in [5.74, 6) is 1.15. The molecule has 1 aromatic heterocycles. The number of hydrogen-bond donors (Lipinski definition) is 1. The average molecular weight is 397 g/mol. The molecule has 2 saturated heterocycles. The Balaban J connectivity index is 1.50. The van der Waals surface area contributed by atoms with Crippen LogP contribution in [0.15, 0.2) is 36.4 Å². The zero-order valence-corrected chi connectivity index (χ0v) is 16.5. The lowest BCUT2D eigenvalue weighted by atomic mass is 10.2. The fourth-order valence-corrected chi connectivity index (χ4v) is 3.46. The average Bonchev–Trinajstić information content (AvgIpc) is 2.80. The summed E-state index contributed by atoms with van der Waals surface area (Å²) >= 11 is 0. The summed E-state index contributed by atoms with van der Waals surface area (Å²) in [6, 6.07) is 11.5. The minimum absolute atomic E-state index is 0.174. The zero-order valence-electron chi connectivity index (χ0n) is 16.5. The van der Waals surface area contributed by atoms with Gasteiger partial charge in [-0.25, -0.2) is 9.97 Å². The zero-order chi connectivity index (χ0) is 19.9. The van der Waals surface area contributed by atoms with Crippen molar-refractivity contribution >= 4 is 11.7 Å². The maximum atomic E-state index is 12.8. The van der Waals surface area contributed by atoms with Crippen LogP contribution in [0.3, 0.4) is 0 Å². The van der Waals surface area contributed by atoms with Gasteiger partial charge in [0.25, 0.3) is 5.91 Å². The fraction of sp³-hybridized carbons (Fsp3) is 0.476. The second-order valence-electron chi connectivity index (χ2n) is 7.11. The summed E-state index contributed by atoms with van der Waals surface area (Å²) in [5, 5.41) is 3.00. The number of ether oxygens (including phenoxy) is 2. The molecule has 0 radical (unpaired) electrons. The van der Waals surface area contributed by atoms with Crippen molar-refractivity contribution in [1.82, 2.24) is 20.2 Å². The van der Waals surface area contributed by atoms with Gasteiger partial charge in [-0.2, -0.15) is 0 Å². The Kier molecular flexibility index (Phi) is 6.66. The number of benzene rings is 1. The van der Waals surface area contributed by atoms with E-state index in [-0.39, 0.29) is 5.91 Å². The van der Waals surface area contributed by atoms with Crippen molar-refractivity contribution in [2.75, 3.05) is 70.6 Å². The second kappa shape index (κ2) is 9.78. The van der Waals surface area contributed by atoms with Crippen LogP contribution in [0.5, 0.6) is 0 Å². The van der Waals surface area contributed by atoms with Gasteiger partial charge in [-0.15, -0.1) is 0 Å². The highest BCUT2D eigenvalue weighted by molar-refractivity contribution is 5.93. The van der Waals surface area contributed by atoms with Gasteiger partial charge < -0.3 is 19.7 Å². The van der Waals surface area contributed by atoms with Gasteiger partial charge in [0.2, 0.25) is 0 Å². The Morgan fingerprint density at radius 2 is 1.66 bits per heavy atom. The molecular weight excluding hydrogens is 370 g/mol. The first-order valence-electron chi connectivity index (χ1n) is 10.1. The van der Waals surface area contributed by atoms with Crippen molar-refractivity contribution in [1.29, 1.82) is 0 Å². The quantitative estimate of drug-likeness (QED) is 0.780. The normalized spacial score (nSPS) is 17.9. The van der Waals surface area contributed by atoms with Crippen LogP contribution in [-0.2, 0) is 9.47 Å². The van der Waals surface area contributed by atoms with Crippen molar-refractivity contribution in [2.24, 2.45) is 0 Å². The second-order valence-corrected chi connectivity index (χ2v) is 7.11. The van der Waals surface area contributed by atoms with Gasteiger partial charge >= 0.3 is 0 Å². The first kappa shape index (κ1) is 19.8. The first-order valence-corrected chi connectivity index (χ1v) is 10.1. The molecule has 1 aromatic carbocycles. The van der Waals surface area contributed by atoms with Crippen molar-refractivity contribution in [3.63, 3.8) is 0 Å². The molecule has 0 bridgehead atoms. The third kappa shape index (κ3) is 5.29. The van der Waals surface area contributed by atoms with Gasteiger partial charge in [0.05, 0.1) is 26.4 Å². The molecule has 3 heterocycles. The predicted octanol–water partition coefficient (Wildman–Crippen LogP) is 1.04. The van der Waals surface area contributed by atoms with E-state index in [1.54, 1.807) is 6.07 Å². The molecule has 0 saturated carbocycles. The third-order valence-electron chi connectivity index (χ3n) is 5.13. The number of rotatable bonds is 6. The summed E-state index contributed by atoms with van der Waals surface area (Å²) in [6.45, 7) is 7.53. The van der Waals surface area contributed by atoms with E-state index in [0.717, 1.165) is 57.3 Å². The SMILES string of the molecule is O=C(NCCN1CCOCC1)c1cc(N2CCOCC2)nc(-c2ccccc2)n1. The molecule has 2 aliphatic rings. The Bertz CT molecular complexity index is 805. The molecule has 1 N–H and O–H groups in total. The maximum absolute atomic E-state index is 12.8. The molecule has 8 nitrogen and oxygen atoms in total. The summed E-state index contributed by atoms with van der Waals surface area (Å²) in [7, 11) is 0. The number of morpholine rings is 2. The molecule has 154 valence electrons. The monoisotopic (exact) mass is 397 g/mol. The Morgan fingerprint density at radius 3 is 2.38 bits per heavy atom. The van der Waals surface area contributed by atoms with E-state index in [4.69, 9.17) is 14.5 Å². The largest absolute Gasteiger partial charge is 0.379 e. The number of nitrogens with one attached hydrogen (secondary N) is 1. The van der Waals surface area contributed by atoms with Crippen LogP contribution >= 0.6 is 0 Å². The van der Waals surface area contributed by atoms with Crippen LogP contribution in [-0.4, -0.2) is 86.5 Å². The summed E-state index contributed by atoms with van der Waals surface area (Å²) in [5.41, 5.74) is 1.28. The Hall–Kier alpha value is -2.55. The molecular formula is C21H27N5O3. The van der Waals surface area contributed by atoms with Crippen LogP contribution in [0.2, 0.25) is 0 Å². The number of hydrogen-bond acceptors (Lipinski definition) is 7. The van der Waals surface area contributed by atoms with E-state index in [2.05, 4.69) is 20.1 Å². The topological polar surface area (TPSA) is 79.8 Å². The van der Waals surface area contributed by atoms with Gasteiger partial charge in [0.1, 0.15) is 11.5 Å². The molecule has 2 aromatic rings. The van der Waals surface area contributed by atoms with E-state index < -0.39 is 0 Å². The van der Waals surface area contributed by atoms with Crippen molar-refractivity contribution in [3.8, 4) is 11.4 Å². The van der Waals surface area contributed by atoms with E-state index in [0.29, 0.717) is 31.3 Å². The molecule has 2 aliphatic heterocycles. The molecule has 0 spiro atoms. The first-order chi connectivity index (χ1) is 14.3. The molecule has 8 heteroatoms. The highest BCUT2D eigenvalue weighted by Crippen LogP contribution is 2.21. The number of nitrogens with zero attached hydrogens (tertiary/aromatic N) is 4. The summed E-state index contributed by atoms with van der Waals surface area (Å²) < 4.78 is 10.8. The van der Waals surface area contributed by atoms with Crippen LogP contribution in [0.1, 0.15) is 10.5 Å². The van der Waals surface area contributed by atoms with Gasteiger partial charge in [0.15, 0.2) is 5.82 Å². The molecule has 29 heavy (non-hydrogen) atoms. The van der Waals surface area contributed by atoms with Gasteiger partial charge in [-0.1, -0.05) is 30.3 Å². The number of aromatic nitrogens is 2. The summed E-state index contributed by atoms with van der Waals surface area (Å²) in [4.78, 5) is 26.5. The van der Waals surface area contributed by atoms with E-state index >= 15 is 0 Å². The standard InChI is InChI=1S/C21H27N5O3/c27-21(22-6-7-25-8-12-28-13-9-25)18-16-19(26-10-14-29-15-11-26)24-20(23-18)17-4-2-1-3-5-17/h1-5,16H,6-15H2,(H,22,27). The number of amides is 1. The minimum Gasteiger partial charge on any atom is -0.379 e. The molecule has 2 fully saturated rings. The maximum Gasteiger partial charge on any atom is 0.270 e. The molecule has 0 aliphatic carbocycles. The van der Waals surface area contributed by atoms with Crippen molar-refractivity contribution < 1.29 is 14.3 Å². The molecule has 1 amide bonds. The molecule has 4 rings (SSSR count). The Morgan fingerprint density at radius 1 is 0.966 bits per heavy atom. The lowest BCUT2D eigenvalue weighted by Gasteiger charge is -2.28. The van der Waals surface area contributed by atoms with Crippen molar-refractivity contribution in [2.45, 2.75) is 0 Å². The molecule has 0 unspecified atom stereocenters. The number of carbonyl (C=O) groups excluding carboxylic acids is 1. The molecule has 0 atom stereocenters. The lowest BCUT2D eigenvalue weighted by Crippen LogP contribution is -2.41. The summed E-state index contributed by atoms with van der Waals surface area (Å²) in [6.07, 6.45) is 0. The van der Waals surface area contributed by atoms with E-state index in [1.165, 1.54) is 0 Å².